The molecule has 0 saturated carbocycles. The molecule has 0 aromatic carbocycles. The Morgan fingerprint density at radius 1 is 1.00 bits per heavy atom. The van der Waals surface area contributed by atoms with Crippen LogP contribution in [0, 0.1) is 0 Å². The van der Waals surface area contributed by atoms with Crippen molar-refractivity contribution in [2.75, 3.05) is 21.3 Å². The van der Waals surface area contributed by atoms with Crippen LogP contribution in [0.2, 0.25) is 0 Å². The van der Waals surface area contributed by atoms with E-state index in [0.717, 1.165) is 0 Å². The van der Waals surface area contributed by atoms with Gasteiger partial charge in [0.05, 0.1) is 0 Å². The zero-order valence-electron chi connectivity index (χ0n) is 5.10. The summed E-state index contributed by atoms with van der Waals surface area (Å²) in [7, 11) is 4.72. The van der Waals surface area contributed by atoms with E-state index < -0.39 is 18.9 Å². The predicted octanol–water partition coefficient (Wildman–Crippen LogP) is 1.13. The van der Waals surface area contributed by atoms with Crippen LogP contribution in [0.25, 0.3) is 0 Å². The van der Waals surface area contributed by atoms with Crippen LogP contribution in [0.1, 0.15) is 0 Å². The van der Waals surface area contributed by atoms with Crippen LogP contribution < -0.4 is 0 Å². The number of hydrogen-bond donors (Lipinski definition) is 0. The Kier molecular flexibility index (Phi) is 4.74. The molecule has 0 aliphatic rings. The van der Waals surface area contributed by atoms with Crippen LogP contribution in [0.5, 0.6) is 0 Å². The van der Waals surface area contributed by atoms with Gasteiger partial charge in [-0.1, -0.05) is 0 Å². The SMILES string of the molecule is C[O][Hf]([Br])([O]C)[O]C. The van der Waals surface area contributed by atoms with Gasteiger partial charge in [-0.3, -0.25) is 0 Å². The van der Waals surface area contributed by atoms with Crippen molar-refractivity contribution in [3.63, 3.8) is 0 Å². The van der Waals surface area contributed by atoms with Crippen LogP contribution >= 0.6 is 12.3 Å². The van der Waals surface area contributed by atoms with Gasteiger partial charge in [-0.15, -0.1) is 0 Å². The summed E-state index contributed by atoms with van der Waals surface area (Å²) in [6, 6.07) is 0. The summed E-state index contributed by atoms with van der Waals surface area (Å²) >= 11 is 0.101. The van der Waals surface area contributed by atoms with Gasteiger partial charge in [0.1, 0.15) is 0 Å². The third-order valence-electron chi connectivity index (χ3n) is 0.731. The van der Waals surface area contributed by atoms with Crippen molar-refractivity contribution >= 4 is 12.3 Å². The Balaban J connectivity index is 3.58. The van der Waals surface area contributed by atoms with Gasteiger partial charge in [0.2, 0.25) is 0 Å². The molecule has 0 N–H and O–H groups in total. The normalized spacial score (nSPS) is 12.0. The number of halogens is 1. The number of rotatable bonds is 3. The number of hydrogen-bond acceptors (Lipinski definition) is 3. The van der Waals surface area contributed by atoms with Crippen molar-refractivity contribution in [3.05, 3.63) is 0 Å². The van der Waals surface area contributed by atoms with E-state index in [9.17, 15) is 0 Å². The fraction of sp³-hybridized carbons (Fsp3) is 1.00. The van der Waals surface area contributed by atoms with E-state index in [-0.39, 0.29) is 0 Å². The van der Waals surface area contributed by atoms with Crippen molar-refractivity contribution in [1.29, 1.82) is 0 Å². The molecule has 8 heavy (non-hydrogen) atoms. The molecule has 0 bridgehead atoms. The van der Waals surface area contributed by atoms with Gasteiger partial charge in [-0.25, -0.2) is 0 Å². The minimum atomic E-state index is -3.14. The summed E-state index contributed by atoms with van der Waals surface area (Å²) in [4.78, 5) is 0. The second-order valence-electron chi connectivity index (χ2n) is 1.09. The molecule has 3 nitrogen and oxygen atoms in total. The van der Waals surface area contributed by atoms with E-state index >= 15 is 0 Å². The van der Waals surface area contributed by atoms with Gasteiger partial charge in [0, 0.05) is 0 Å². The minimum absolute atomic E-state index is 1.57. The third-order valence-corrected chi connectivity index (χ3v) is 13.9. The summed E-state index contributed by atoms with van der Waals surface area (Å²) in [5.41, 5.74) is 0. The van der Waals surface area contributed by atoms with E-state index in [1.165, 1.54) is 0 Å². The Bertz CT molecular complexity index is 57.3. The molecule has 0 atom stereocenters. The topological polar surface area (TPSA) is 27.7 Å². The standard InChI is InChI=1S/3CH3O.BrH.Hf/c3*1-2;;/h3*1H3;1H;/q3*-1;;+4/p-1. The molecule has 0 amide bonds. The molecule has 0 aliphatic heterocycles. The van der Waals surface area contributed by atoms with Gasteiger partial charge in [0.25, 0.3) is 0 Å². The first-order chi connectivity index (χ1) is 3.68. The summed E-state index contributed by atoms with van der Waals surface area (Å²) in [5.74, 6) is 0. The molecule has 5 heteroatoms. The molecule has 0 radical (unpaired) electrons. The molecule has 0 unspecified atom stereocenters. The maximum atomic E-state index is 4.93. The molecule has 0 aliphatic carbocycles. The maximum absolute atomic E-state index is 4.93. The van der Waals surface area contributed by atoms with Crippen molar-refractivity contribution in [2.45, 2.75) is 0 Å². The van der Waals surface area contributed by atoms with Gasteiger partial charge < -0.3 is 0 Å². The molecule has 0 fully saturated rings. The second-order valence-corrected chi connectivity index (χ2v) is 16.9. The van der Waals surface area contributed by atoms with Crippen LogP contribution in [0.15, 0.2) is 0 Å². The zero-order valence-corrected chi connectivity index (χ0v) is 10.3. The first kappa shape index (κ1) is 9.23. The fourth-order valence-electron chi connectivity index (χ4n) is 0.250. The molecule has 50 valence electrons. The molecule has 0 heterocycles. The molecular weight excluding hydrogens is 342 g/mol. The van der Waals surface area contributed by atoms with Gasteiger partial charge in [-0.05, 0) is 0 Å². The Hall–Kier alpha value is 1.23. The van der Waals surface area contributed by atoms with Crippen LogP contribution in [0.3, 0.4) is 0 Å². The van der Waals surface area contributed by atoms with Crippen molar-refractivity contribution in [3.8, 4) is 0 Å². The predicted molar refractivity (Wildman–Crippen MR) is 30.0 cm³/mol. The molecule has 0 rings (SSSR count). The van der Waals surface area contributed by atoms with Gasteiger partial charge in [0.15, 0.2) is 0 Å². The van der Waals surface area contributed by atoms with Gasteiger partial charge in [-0.2, -0.15) is 0 Å². The molecule has 0 aromatic heterocycles. The Morgan fingerprint density at radius 2 is 1.25 bits per heavy atom. The molecule has 0 aromatic rings. The van der Waals surface area contributed by atoms with Crippen LogP contribution in [-0.4, -0.2) is 21.3 Å². The molecule has 0 spiro atoms. The van der Waals surface area contributed by atoms with Gasteiger partial charge >= 0.3 is 61.1 Å². The first-order valence-electron chi connectivity index (χ1n) is 2.03. The molecular formula is C3H9BrHfO3. The average molecular weight is 351 g/mol. The summed E-state index contributed by atoms with van der Waals surface area (Å²) < 4.78 is 14.8. The van der Waals surface area contributed by atoms with Crippen molar-refractivity contribution in [1.82, 2.24) is 0 Å². The summed E-state index contributed by atoms with van der Waals surface area (Å²) in [5, 5.41) is 0. The summed E-state index contributed by atoms with van der Waals surface area (Å²) in [6.07, 6.45) is 0. The quantitative estimate of drug-likeness (QED) is 0.714. The van der Waals surface area contributed by atoms with Crippen molar-refractivity contribution < 1.29 is 27.5 Å². The second kappa shape index (κ2) is 4.11. The van der Waals surface area contributed by atoms with Crippen LogP contribution in [0.4, 0.5) is 0 Å². The first-order valence-corrected chi connectivity index (χ1v) is 14.3. The molecule has 0 saturated heterocycles. The van der Waals surface area contributed by atoms with E-state index in [1.54, 1.807) is 21.3 Å². The van der Waals surface area contributed by atoms with E-state index in [2.05, 4.69) is 12.3 Å². The third kappa shape index (κ3) is 2.68. The Morgan fingerprint density at radius 3 is 1.25 bits per heavy atom. The van der Waals surface area contributed by atoms with Crippen LogP contribution in [-0.2, 0) is 27.5 Å². The monoisotopic (exact) mass is 352 g/mol. The average Bonchev–Trinajstić information content (AvgIpc) is 1.87. The van der Waals surface area contributed by atoms with E-state index in [0.29, 0.717) is 0 Å². The van der Waals surface area contributed by atoms with E-state index in [1.807, 2.05) is 0 Å². The van der Waals surface area contributed by atoms with E-state index in [4.69, 9.17) is 8.56 Å². The fourth-order valence-corrected chi connectivity index (χ4v) is 2.05. The zero-order chi connectivity index (χ0) is 6.62. The Labute approximate surface area is 60.9 Å². The van der Waals surface area contributed by atoms with Crippen molar-refractivity contribution in [2.24, 2.45) is 0 Å². The summed E-state index contributed by atoms with van der Waals surface area (Å²) in [6.45, 7) is 0.